The Balaban J connectivity index is 1.33. The Morgan fingerprint density at radius 1 is 0.524 bits per heavy atom. The van der Waals surface area contributed by atoms with Crippen molar-refractivity contribution in [3.8, 4) is 22.3 Å². The Labute approximate surface area is 250 Å². The van der Waals surface area contributed by atoms with E-state index in [1.165, 1.54) is 70.2 Å². The van der Waals surface area contributed by atoms with Crippen LogP contribution in [-0.2, 0) is 5.41 Å². The van der Waals surface area contributed by atoms with Crippen LogP contribution in [0.3, 0.4) is 0 Å². The van der Waals surface area contributed by atoms with Crippen molar-refractivity contribution >= 4 is 65.1 Å². The number of benzene rings is 7. The Morgan fingerprint density at radius 2 is 1.26 bits per heavy atom. The molecule has 0 spiro atoms. The number of hydrogen-bond donors (Lipinski definition) is 1. The molecule has 1 heterocycles. The van der Waals surface area contributed by atoms with Crippen LogP contribution in [0.25, 0.3) is 64.7 Å². The molecule has 42 heavy (non-hydrogen) atoms. The summed E-state index contributed by atoms with van der Waals surface area (Å²) in [5, 5.41) is 15.3. The fraction of sp³-hybridized carbons (Fsp3) is 0.100. The molecule has 0 saturated heterocycles. The predicted molar refractivity (Wildman–Crippen MR) is 185 cm³/mol. The highest BCUT2D eigenvalue weighted by atomic mass is 32.1. The van der Waals surface area contributed by atoms with E-state index in [1.807, 2.05) is 0 Å². The first-order valence-electron chi connectivity index (χ1n) is 14.6. The average Bonchev–Trinajstić information content (AvgIpc) is 3.42. The molecule has 0 radical (unpaired) electrons. The number of anilines is 2. The molecule has 0 unspecified atom stereocenters. The van der Waals surface area contributed by atoms with E-state index < -0.39 is 0 Å². The van der Waals surface area contributed by atoms with Gasteiger partial charge in [-0.2, -0.15) is 0 Å². The van der Waals surface area contributed by atoms with E-state index in [9.17, 15) is 0 Å². The highest BCUT2D eigenvalue weighted by molar-refractivity contribution is 7.17. The largest absolute Gasteiger partial charge is 0.354 e. The maximum atomic E-state index is 3.89. The first-order chi connectivity index (χ1) is 20.4. The van der Waals surface area contributed by atoms with Gasteiger partial charge in [0.25, 0.3) is 0 Å². The van der Waals surface area contributed by atoms with Gasteiger partial charge in [-0.05, 0) is 84.3 Å². The molecule has 8 aromatic rings. The third-order valence-electron chi connectivity index (χ3n) is 8.65. The van der Waals surface area contributed by atoms with Gasteiger partial charge in [0.05, 0.1) is 5.69 Å². The molecule has 2 heteroatoms. The van der Waals surface area contributed by atoms with E-state index in [4.69, 9.17) is 0 Å². The smallest absolute Gasteiger partial charge is 0.0573 e. The normalized spacial score (nSPS) is 12.2. The van der Waals surface area contributed by atoms with Gasteiger partial charge in [0.1, 0.15) is 0 Å². The van der Waals surface area contributed by atoms with Crippen LogP contribution in [-0.4, -0.2) is 0 Å². The quantitative estimate of drug-likeness (QED) is 0.212. The summed E-state index contributed by atoms with van der Waals surface area (Å²) >= 11 is 1.79. The molecule has 0 saturated carbocycles. The fourth-order valence-corrected chi connectivity index (χ4v) is 7.27. The van der Waals surface area contributed by atoms with Crippen LogP contribution in [0.1, 0.15) is 26.3 Å². The van der Waals surface area contributed by atoms with Gasteiger partial charge >= 0.3 is 0 Å². The Hall–Kier alpha value is -4.66. The van der Waals surface area contributed by atoms with E-state index in [2.05, 4.69) is 153 Å². The van der Waals surface area contributed by atoms with Gasteiger partial charge in [-0.25, -0.2) is 0 Å². The lowest BCUT2D eigenvalue weighted by Crippen LogP contribution is -2.11. The van der Waals surface area contributed by atoms with Gasteiger partial charge in [0.15, 0.2) is 0 Å². The molecule has 0 aliphatic carbocycles. The first kappa shape index (κ1) is 25.1. The molecule has 1 aromatic heterocycles. The van der Waals surface area contributed by atoms with Crippen LogP contribution >= 0.6 is 11.3 Å². The second-order valence-electron chi connectivity index (χ2n) is 12.3. The van der Waals surface area contributed by atoms with Crippen LogP contribution in [0.15, 0.2) is 127 Å². The van der Waals surface area contributed by atoms with Crippen LogP contribution in [0.2, 0.25) is 0 Å². The van der Waals surface area contributed by atoms with Crippen LogP contribution in [0, 0.1) is 0 Å². The zero-order valence-electron chi connectivity index (χ0n) is 24.0. The highest BCUT2D eigenvalue weighted by Gasteiger charge is 2.20. The molecule has 0 aliphatic rings. The summed E-state index contributed by atoms with van der Waals surface area (Å²) < 4.78 is 1.28. The minimum Gasteiger partial charge on any atom is -0.354 e. The Kier molecular flexibility index (Phi) is 5.64. The van der Waals surface area contributed by atoms with Crippen LogP contribution < -0.4 is 5.32 Å². The number of thiophene rings is 1. The lowest BCUT2D eigenvalue weighted by Gasteiger charge is -2.23. The van der Waals surface area contributed by atoms with E-state index in [0.29, 0.717) is 0 Å². The van der Waals surface area contributed by atoms with Gasteiger partial charge in [0, 0.05) is 26.7 Å². The molecular weight excluding hydrogens is 527 g/mol. The van der Waals surface area contributed by atoms with Crippen LogP contribution in [0.4, 0.5) is 11.4 Å². The maximum absolute atomic E-state index is 3.89. The summed E-state index contributed by atoms with van der Waals surface area (Å²) in [6.45, 7) is 6.88. The monoisotopic (exact) mass is 557 g/mol. The van der Waals surface area contributed by atoms with Crippen molar-refractivity contribution < 1.29 is 0 Å². The van der Waals surface area contributed by atoms with E-state index in [1.54, 1.807) is 11.3 Å². The summed E-state index contributed by atoms with van der Waals surface area (Å²) in [6, 6.07) is 44.7. The molecule has 1 nitrogen and oxygen atoms in total. The van der Waals surface area contributed by atoms with E-state index in [0.717, 1.165) is 11.4 Å². The standard InChI is InChI=1S/C40H31NS/c1-40(2,3)30-17-20-35(41-36-24-42-37-21-16-29(22-34(36)37)25-8-5-4-6-9-25)33(23-30)31-18-14-28-13-12-26-10-7-11-27-15-19-32(31)39(28)38(26)27/h4-24,41H,1-3H3. The number of rotatable bonds is 4. The molecule has 0 fully saturated rings. The minimum absolute atomic E-state index is 0.0384. The molecule has 202 valence electrons. The van der Waals surface area contributed by atoms with Crippen molar-refractivity contribution in [3.05, 3.63) is 132 Å². The number of nitrogens with one attached hydrogen (secondary N) is 1. The van der Waals surface area contributed by atoms with Crippen molar-refractivity contribution in [2.75, 3.05) is 5.32 Å². The summed E-state index contributed by atoms with van der Waals surface area (Å²) in [6.07, 6.45) is 0. The first-order valence-corrected chi connectivity index (χ1v) is 15.5. The Morgan fingerprint density at radius 3 is 2.05 bits per heavy atom. The zero-order valence-corrected chi connectivity index (χ0v) is 24.8. The summed E-state index contributed by atoms with van der Waals surface area (Å²) in [4.78, 5) is 0. The van der Waals surface area contributed by atoms with Crippen molar-refractivity contribution in [2.24, 2.45) is 0 Å². The van der Waals surface area contributed by atoms with Crippen molar-refractivity contribution in [1.29, 1.82) is 0 Å². The predicted octanol–water partition coefficient (Wildman–Crippen LogP) is 12.2. The third kappa shape index (κ3) is 4.06. The fourth-order valence-electron chi connectivity index (χ4n) is 6.39. The molecule has 1 N–H and O–H groups in total. The Bertz CT molecular complexity index is 2230. The molecule has 0 atom stereocenters. The molecule has 0 amide bonds. The summed E-state index contributed by atoms with van der Waals surface area (Å²) in [5.41, 5.74) is 8.61. The van der Waals surface area contributed by atoms with Gasteiger partial charge in [0.2, 0.25) is 0 Å². The lowest BCUT2D eigenvalue weighted by atomic mass is 9.83. The summed E-state index contributed by atoms with van der Waals surface area (Å²) in [7, 11) is 0. The second-order valence-corrected chi connectivity index (χ2v) is 13.2. The zero-order chi connectivity index (χ0) is 28.4. The molecule has 0 bridgehead atoms. The maximum Gasteiger partial charge on any atom is 0.0573 e. The van der Waals surface area contributed by atoms with Gasteiger partial charge < -0.3 is 5.32 Å². The van der Waals surface area contributed by atoms with Gasteiger partial charge in [-0.3, -0.25) is 0 Å². The molecule has 8 rings (SSSR count). The second kappa shape index (κ2) is 9.44. The van der Waals surface area contributed by atoms with Crippen molar-refractivity contribution in [3.63, 3.8) is 0 Å². The number of hydrogen-bond acceptors (Lipinski definition) is 2. The van der Waals surface area contributed by atoms with Crippen molar-refractivity contribution in [1.82, 2.24) is 0 Å². The van der Waals surface area contributed by atoms with Crippen molar-refractivity contribution in [2.45, 2.75) is 26.2 Å². The lowest BCUT2D eigenvalue weighted by molar-refractivity contribution is 0.590. The van der Waals surface area contributed by atoms with Gasteiger partial charge in [-0.15, -0.1) is 11.3 Å². The van der Waals surface area contributed by atoms with E-state index >= 15 is 0 Å². The number of fused-ring (bicyclic) bond motifs is 1. The average molecular weight is 558 g/mol. The van der Waals surface area contributed by atoms with Gasteiger partial charge in [-0.1, -0.05) is 118 Å². The van der Waals surface area contributed by atoms with Crippen LogP contribution in [0.5, 0.6) is 0 Å². The molecule has 7 aromatic carbocycles. The molecule has 0 aliphatic heterocycles. The summed E-state index contributed by atoms with van der Waals surface area (Å²) in [5.74, 6) is 0. The molecular formula is C40H31NS. The third-order valence-corrected chi connectivity index (χ3v) is 9.62. The minimum atomic E-state index is 0.0384. The SMILES string of the molecule is CC(C)(C)c1ccc(Nc2csc3ccc(-c4ccccc4)cc23)c(-c2ccc3ccc4cccc5ccc2c3c45)c1. The highest BCUT2D eigenvalue weighted by Crippen LogP contribution is 2.44. The topological polar surface area (TPSA) is 12.0 Å². The van der Waals surface area contributed by atoms with E-state index in [-0.39, 0.29) is 5.41 Å².